The predicted molar refractivity (Wildman–Crippen MR) is 94.6 cm³/mol. The number of esters is 1. The summed E-state index contributed by atoms with van der Waals surface area (Å²) in [4.78, 5) is 35.3. The summed E-state index contributed by atoms with van der Waals surface area (Å²) >= 11 is 1.24. The highest BCUT2D eigenvalue weighted by molar-refractivity contribution is 7.20. The van der Waals surface area contributed by atoms with E-state index in [1.54, 1.807) is 13.8 Å². The molecule has 0 aliphatic carbocycles. The number of aromatic amines is 1. The first-order valence-electron chi connectivity index (χ1n) is 8.41. The first-order valence-corrected chi connectivity index (χ1v) is 9.23. The van der Waals surface area contributed by atoms with Gasteiger partial charge in [0.1, 0.15) is 15.5 Å². The van der Waals surface area contributed by atoms with Crippen molar-refractivity contribution in [3.8, 4) is 0 Å². The number of fused-ring (bicyclic) bond motifs is 1. The van der Waals surface area contributed by atoms with Gasteiger partial charge in [-0.2, -0.15) is 0 Å². The van der Waals surface area contributed by atoms with Crippen LogP contribution in [0.4, 0.5) is 0 Å². The van der Waals surface area contributed by atoms with Crippen molar-refractivity contribution in [3.05, 3.63) is 26.6 Å². The molecular weight excluding hydrogens is 326 g/mol. The number of hydrogen-bond acceptors (Lipinski definition) is 6. The predicted octanol–water partition coefficient (Wildman–Crippen LogP) is 2.70. The molecule has 2 aromatic rings. The van der Waals surface area contributed by atoms with Crippen LogP contribution in [-0.4, -0.2) is 40.5 Å². The van der Waals surface area contributed by atoms with Crippen LogP contribution < -0.4 is 5.56 Å². The number of carbonyl (C=O) groups is 1. The Morgan fingerprint density at radius 1 is 1.42 bits per heavy atom. The third-order valence-corrected chi connectivity index (χ3v) is 5.73. The Labute approximate surface area is 144 Å². The molecule has 0 atom stereocenters. The number of carbonyl (C=O) groups excluding carboxylic acids is 1. The van der Waals surface area contributed by atoms with Crippen LogP contribution in [-0.2, 0) is 11.3 Å². The molecule has 1 saturated heterocycles. The van der Waals surface area contributed by atoms with Crippen molar-refractivity contribution in [1.29, 1.82) is 0 Å². The third-order valence-electron chi connectivity index (χ3n) is 4.56. The highest BCUT2D eigenvalue weighted by atomic mass is 32.1. The second-order valence-corrected chi connectivity index (χ2v) is 7.43. The van der Waals surface area contributed by atoms with Crippen molar-refractivity contribution in [2.45, 2.75) is 40.2 Å². The lowest BCUT2D eigenvalue weighted by Crippen LogP contribution is -2.33. The van der Waals surface area contributed by atoms with E-state index < -0.39 is 0 Å². The zero-order valence-corrected chi connectivity index (χ0v) is 15.2. The summed E-state index contributed by atoms with van der Waals surface area (Å²) in [5.41, 5.74) is 0.477. The van der Waals surface area contributed by atoms with Gasteiger partial charge in [0.2, 0.25) is 0 Å². The van der Waals surface area contributed by atoms with Gasteiger partial charge in [0.25, 0.3) is 5.56 Å². The van der Waals surface area contributed by atoms with E-state index in [1.165, 1.54) is 24.2 Å². The van der Waals surface area contributed by atoms with Crippen LogP contribution in [0.3, 0.4) is 0 Å². The minimum Gasteiger partial charge on any atom is -0.462 e. The minimum absolute atomic E-state index is 0.176. The standard InChI is InChI=1S/C17H23N3O3S/c1-4-23-17(22)14-11(3)13-15(21)18-12(19-16(13)24-14)9-20-7-5-10(2)6-8-20/h10H,4-9H2,1-3H3,(H,18,19,21). The second-order valence-electron chi connectivity index (χ2n) is 6.43. The van der Waals surface area contributed by atoms with E-state index in [1.807, 2.05) is 0 Å². The van der Waals surface area contributed by atoms with Crippen LogP contribution in [0.25, 0.3) is 10.2 Å². The van der Waals surface area contributed by atoms with Gasteiger partial charge in [-0.1, -0.05) is 6.92 Å². The molecule has 0 radical (unpaired) electrons. The van der Waals surface area contributed by atoms with Gasteiger partial charge in [-0.15, -0.1) is 11.3 Å². The molecule has 0 amide bonds. The van der Waals surface area contributed by atoms with Gasteiger partial charge in [0.05, 0.1) is 18.5 Å². The molecule has 130 valence electrons. The molecule has 24 heavy (non-hydrogen) atoms. The van der Waals surface area contributed by atoms with E-state index in [2.05, 4.69) is 21.8 Å². The fourth-order valence-electron chi connectivity index (χ4n) is 3.09. The van der Waals surface area contributed by atoms with E-state index in [0.29, 0.717) is 39.6 Å². The van der Waals surface area contributed by atoms with E-state index in [4.69, 9.17) is 4.74 Å². The summed E-state index contributed by atoms with van der Waals surface area (Å²) < 4.78 is 5.06. The monoisotopic (exact) mass is 349 g/mol. The summed E-state index contributed by atoms with van der Waals surface area (Å²) in [6, 6.07) is 0. The molecule has 0 saturated carbocycles. The Morgan fingerprint density at radius 3 is 2.79 bits per heavy atom. The van der Waals surface area contributed by atoms with Gasteiger partial charge in [-0.25, -0.2) is 9.78 Å². The van der Waals surface area contributed by atoms with Crippen LogP contribution in [0.1, 0.15) is 47.7 Å². The smallest absolute Gasteiger partial charge is 0.348 e. The Balaban J connectivity index is 1.89. The van der Waals surface area contributed by atoms with Gasteiger partial charge in [0.15, 0.2) is 0 Å². The number of nitrogens with one attached hydrogen (secondary N) is 1. The van der Waals surface area contributed by atoms with Crippen molar-refractivity contribution >= 4 is 27.5 Å². The number of ether oxygens (including phenoxy) is 1. The zero-order valence-electron chi connectivity index (χ0n) is 14.3. The van der Waals surface area contributed by atoms with Gasteiger partial charge < -0.3 is 9.72 Å². The van der Waals surface area contributed by atoms with Gasteiger partial charge in [-0.3, -0.25) is 9.69 Å². The molecule has 2 aromatic heterocycles. The molecule has 7 heteroatoms. The zero-order chi connectivity index (χ0) is 17.3. The molecule has 1 fully saturated rings. The fraction of sp³-hybridized carbons (Fsp3) is 0.588. The lowest BCUT2D eigenvalue weighted by molar-refractivity contribution is 0.0531. The van der Waals surface area contributed by atoms with Gasteiger partial charge >= 0.3 is 5.97 Å². The molecule has 1 aliphatic rings. The average Bonchev–Trinajstić information content (AvgIpc) is 2.87. The minimum atomic E-state index is -0.385. The Hall–Kier alpha value is -1.73. The van der Waals surface area contributed by atoms with Crippen molar-refractivity contribution in [2.24, 2.45) is 5.92 Å². The molecule has 6 nitrogen and oxygen atoms in total. The number of hydrogen-bond donors (Lipinski definition) is 1. The lowest BCUT2D eigenvalue weighted by Gasteiger charge is -2.29. The molecule has 0 spiro atoms. The highest BCUT2D eigenvalue weighted by Gasteiger charge is 2.21. The first-order chi connectivity index (χ1) is 11.5. The molecule has 0 unspecified atom stereocenters. The number of H-pyrrole nitrogens is 1. The molecule has 1 N–H and O–H groups in total. The van der Waals surface area contributed by atoms with Crippen LogP contribution in [0.5, 0.6) is 0 Å². The number of rotatable bonds is 4. The van der Waals surface area contributed by atoms with Crippen LogP contribution in [0.15, 0.2) is 4.79 Å². The number of aryl methyl sites for hydroxylation is 1. The fourth-order valence-corrected chi connectivity index (χ4v) is 4.18. The third kappa shape index (κ3) is 3.37. The Kier molecular flexibility index (Phi) is 5.01. The number of piperidine rings is 1. The quantitative estimate of drug-likeness (QED) is 0.859. The summed E-state index contributed by atoms with van der Waals surface area (Å²) in [5.74, 6) is 1.05. The van der Waals surface area contributed by atoms with Crippen LogP contribution in [0.2, 0.25) is 0 Å². The first kappa shape index (κ1) is 17.1. The molecule has 0 aromatic carbocycles. The maximum absolute atomic E-state index is 12.4. The molecule has 1 aliphatic heterocycles. The van der Waals surface area contributed by atoms with Crippen molar-refractivity contribution in [1.82, 2.24) is 14.9 Å². The summed E-state index contributed by atoms with van der Waals surface area (Å²) in [6.07, 6.45) is 2.36. The van der Waals surface area contributed by atoms with Crippen molar-refractivity contribution < 1.29 is 9.53 Å². The van der Waals surface area contributed by atoms with E-state index in [-0.39, 0.29) is 11.5 Å². The van der Waals surface area contributed by atoms with Gasteiger partial charge in [0, 0.05) is 0 Å². The normalized spacial score (nSPS) is 16.6. The second kappa shape index (κ2) is 7.03. The molecule has 0 bridgehead atoms. The van der Waals surface area contributed by atoms with Crippen molar-refractivity contribution in [2.75, 3.05) is 19.7 Å². The summed E-state index contributed by atoms with van der Waals surface area (Å²) in [6.45, 7) is 8.82. The highest BCUT2D eigenvalue weighted by Crippen LogP contribution is 2.28. The molecular formula is C17H23N3O3S. The van der Waals surface area contributed by atoms with Crippen LogP contribution in [0, 0.1) is 12.8 Å². The van der Waals surface area contributed by atoms with E-state index in [0.717, 1.165) is 19.0 Å². The average molecular weight is 349 g/mol. The Morgan fingerprint density at radius 2 is 2.12 bits per heavy atom. The maximum atomic E-state index is 12.4. The SMILES string of the molecule is CCOC(=O)c1sc2nc(CN3CCC(C)CC3)[nH]c(=O)c2c1C. The number of nitrogens with zero attached hydrogens (tertiary/aromatic N) is 2. The maximum Gasteiger partial charge on any atom is 0.348 e. The summed E-state index contributed by atoms with van der Waals surface area (Å²) in [7, 11) is 0. The summed E-state index contributed by atoms with van der Waals surface area (Å²) in [5, 5.41) is 0.499. The lowest BCUT2D eigenvalue weighted by atomic mass is 9.99. The van der Waals surface area contributed by atoms with Crippen molar-refractivity contribution in [3.63, 3.8) is 0 Å². The number of likely N-dealkylation sites (tertiary alicyclic amines) is 1. The topological polar surface area (TPSA) is 75.3 Å². The molecule has 3 rings (SSSR count). The Bertz CT molecular complexity index is 803. The molecule has 3 heterocycles. The number of thiophene rings is 1. The van der Waals surface area contributed by atoms with E-state index in [9.17, 15) is 9.59 Å². The van der Waals surface area contributed by atoms with Crippen LogP contribution >= 0.6 is 11.3 Å². The van der Waals surface area contributed by atoms with E-state index >= 15 is 0 Å². The van der Waals surface area contributed by atoms with Gasteiger partial charge in [-0.05, 0) is 51.3 Å². The number of aromatic nitrogens is 2. The largest absolute Gasteiger partial charge is 0.462 e.